The van der Waals surface area contributed by atoms with E-state index in [0.717, 1.165) is 32.7 Å². The number of epoxide rings is 1. The fourth-order valence-electron chi connectivity index (χ4n) is 1.42. The quantitative estimate of drug-likeness (QED) is 0.596. The van der Waals surface area contributed by atoms with Crippen molar-refractivity contribution in [3.8, 4) is 5.75 Å². The van der Waals surface area contributed by atoms with E-state index in [4.69, 9.17) is 14.6 Å². The molecule has 0 aromatic heterocycles. The maximum atomic E-state index is 9.10. The number of phenolic OH excluding ortho intramolecular Hbond substituents is 1. The summed E-state index contributed by atoms with van der Waals surface area (Å²) in [5.74, 6) is 0.320. The summed E-state index contributed by atoms with van der Waals surface area (Å²) in [4.78, 5) is 0. The molecular weight excluding hydrogens is 204 g/mol. The van der Waals surface area contributed by atoms with Crippen LogP contribution in [-0.2, 0) is 15.9 Å². The Labute approximate surface area is 97.0 Å². The van der Waals surface area contributed by atoms with Crippen LogP contribution in [0.4, 0.5) is 0 Å². The number of hydrogen-bond donors (Lipinski definition) is 1. The minimum absolute atomic E-state index is 0. The Balaban J connectivity index is 0.00000128. The number of rotatable bonds is 6. The van der Waals surface area contributed by atoms with Gasteiger partial charge in [0.15, 0.2) is 0 Å². The van der Waals surface area contributed by atoms with Crippen molar-refractivity contribution in [1.29, 1.82) is 0 Å². The maximum absolute atomic E-state index is 9.10. The molecule has 90 valence electrons. The van der Waals surface area contributed by atoms with Crippen LogP contribution in [0.15, 0.2) is 24.3 Å². The average molecular weight is 224 g/mol. The second-order valence-electron chi connectivity index (χ2n) is 3.80. The molecule has 1 aliphatic rings. The molecule has 16 heavy (non-hydrogen) atoms. The predicted octanol–water partition coefficient (Wildman–Crippen LogP) is 2.38. The molecule has 3 heteroatoms. The van der Waals surface area contributed by atoms with Gasteiger partial charge in [-0.15, -0.1) is 0 Å². The zero-order valence-electron chi connectivity index (χ0n) is 8.69. The van der Waals surface area contributed by atoms with Crippen LogP contribution in [-0.4, -0.2) is 31.0 Å². The van der Waals surface area contributed by atoms with Crippen LogP contribution in [0.3, 0.4) is 0 Å². The van der Waals surface area contributed by atoms with Gasteiger partial charge in [-0.3, -0.25) is 0 Å². The molecule has 1 aromatic carbocycles. The van der Waals surface area contributed by atoms with Gasteiger partial charge >= 0.3 is 0 Å². The van der Waals surface area contributed by atoms with Crippen LogP contribution >= 0.6 is 0 Å². The molecule has 1 aromatic rings. The third-order valence-electron chi connectivity index (χ3n) is 2.40. The fourth-order valence-corrected chi connectivity index (χ4v) is 1.42. The summed E-state index contributed by atoms with van der Waals surface area (Å²) < 4.78 is 10.5. The molecule has 1 saturated heterocycles. The highest BCUT2D eigenvalue weighted by atomic mass is 16.6. The van der Waals surface area contributed by atoms with Gasteiger partial charge in [0.1, 0.15) is 11.9 Å². The largest absolute Gasteiger partial charge is 0.508 e. The van der Waals surface area contributed by atoms with Gasteiger partial charge < -0.3 is 14.6 Å². The van der Waals surface area contributed by atoms with Crippen molar-refractivity contribution in [2.24, 2.45) is 0 Å². The topological polar surface area (TPSA) is 42.0 Å². The number of benzene rings is 1. The lowest BCUT2D eigenvalue weighted by Crippen LogP contribution is -2.03. The molecule has 2 rings (SSSR count). The Morgan fingerprint density at radius 2 is 2.00 bits per heavy atom. The molecule has 3 nitrogen and oxygen atoms in total. The Morgan fingerprint density at radius 3 is 2.62 bits per heavy atom. The molecule has 0 radical (unpaired) electrons. The summed E-state index contributed by atoms with van der Waals surface area (Å²) in [5.41, 5.74) is 1.24. The lowest BCUT2D eigenvalue weighted by atomic mass is 10.1. The molecule has 1 unspecified atom stereocenters. The predicted molar refractivity (Wildman–Crippen MR) is 63.7 cm³/mol. The molecule has 1 fully saturated rings. The third-order valence-corrected chi connectivity index (χ3v) is 2.40. The number of phenols is 1. The van der Waals surface area contributed by atoms with E-state index in [1.54, 1.807) is 12.1 Å². The highest BCUT2D eigenvalue weighted by Gasteiger charge is 2.21. The Kier molecular flexibility index (Phi) is 5.29. The summed E-state index contributed by atoms with van der Waals surface area (Å²) in [6.07, 6.45) is 2.36. The van der Waals surface area contributed by atoms with Crippen LogP contribution in [0, 0.1) is 0 Å². The smallest absolute Gasteiger partial charge is 0.115 e. The van der Waals surface area contributed by atoms with E-state index < -0.39 is 0 Å². The monoisotopic (exact) mass is 224 g/mol. The van der Waals surface area contributed by atoms with E-state index in [1.165, 1.54) is 5.56 Å². The van der Waals surface area contributed by atoms with Crippen molar-refractivity contribution in [3.05, 3.63) is 29.8 Å². The molecule has 1 atom stereocenters. The van der Waals surface area contributed by atoms with Gasteiger partial charge in [-0.1, -0.05) is 19.6 Å². The third kappa shape index (κ3) is 4.64. The Hall–Kier alpha value is -1.06. The van der Waals surface area contributed by atoms with E-state index in [0.29, 0.717) is 11.9 Å². The van der Waals surface area contributed by atoms with Crippen LogP contribution in [0.5, 0.6) is 5.75 Å². The fraction of sp³-hybridized carbons (Fsp3) is 0.538. The van der Waals surface area contributed by atoms with Crippen molar-refractivity contribution in [1.82, 2.24) is 0 Å². The standard InChI is InChI=1S/C12H16O3.CH4/c13-11-5-3-10(4-6-11)2-1-7-14-8-12-9-15-12;/h3-6,12-13H,1-2,7-9H2;1H4. The number of ether oxygens (including phenoxy) is 2. The second-order valence-corrected chi connectivity index (χ2v) is 3.80. The van der Waals surface area contributed by atoms with E-state index in [2.05, 4.69) is 0 Å². The van der Waals surface area contributed by atoms with E-state index in [1.807, 2.05) is 12.1 Å². The first-order valence-electron chi connectivity index (χ1n) is 5.32. The first-order chi connectivity index (χ1) is 7.34. The Morgan fingerprint density at radius 1 is 1.31 bits per heavy atom. The van der Waals surface area contributed by atoms with Gasteiger partial charge in [0.2, 0.25) is 0 Å². The highest BCUT2D eigenvalue weighted by Crippen LogP contribution is 2.12. The second kappa shape index (κ2) is 6.51. The van der Waals surface area contributed by atoms with Gasteiger partial charge in [0.05, 0.1) is 13.2 Å². The SMILES string of the molecule is C.Oc1ccc(CCCOCC2CO2)cc1. The first-order valence-corrected chi connectivity index (χ1v) is 5.32. The molecular formula is C13H20O3. The minimum atomic E-state index is 0. The van der Waals surface area contributed by atoms with Crippen LogP contribution in [0.1, 0.15) is 19.4 Å². The molecule has 1 aliphatic heterocycles. The summed E-state index contributed by atoms with van der Waals surface area (Å²) in [6.45, 7) is 2.37. The normalized spacial score (nSPS) is 17.9. The van der Waals surface area contributed by atoms with Gasteiger partial charge in [-0.25, -0.2) is 0 Å². The summed E-state index contributed by atoms with van der Waals surface area (Å²) >= 11 is 0. The lowest BCUT2D eigenvalue weighted by Gasteiger charge is -2.02. The minimum Gasteiger partial charge on any atom is -0.508 e. The maximum Gasteiger partial charge on any atom is 0.115 e. The molecule has 1 heterocycles. The van der Waals surface area contributed by atoms with E-state index in [-0.39, 0.29) is 7.43 Å². The van der Waals surface area contributed by atoms with Gasteiger partial charge in [0.25, 0.3) is 0 Å². The average Bonchev–Trinajstić information content (AvgIpc) is 3.04. The molecule has 0 aliphatic carbocycles. The molecule has 0 spiro atoms. The van der Waals surface area contributed by atoms with Crippen LogP contribution in [0.2, 0.25) is 0 Å². The van der Waals surface area contributed by atoms with Gasteiger partial charge in [0, 0.05) is 6.61 Å². The van der Waals surface area contributed by atoms with Crippen molar-refractivity contribution >= 4 is 0 Å². The lowest BCUT2D eigenvalue weighted by molar-refractivity contribution is 0.114. The van der Waals surface area contributed by atoms with E-state index in [9.17, 15) is 0 Å². The zero-order valence-corrected chi connectivity index (χ0v) is 8.69. The highest BCUT2D eigenvalue weighted by molar-refractivity contribution is 5.25. The summed E-state index contributed by atoms with van der Waals surface area (Å²) in [6, 6.07) is 7.32. The van der Waals surface area contributed by atoms with Gasteiger partial charge in [-0.2, -0.15) is 0 Å². The van der Waals surface area contributed by atoms with Gasteiger partial charge in [-0.05, 0) is 30.5 Å². The van der Waals surface area contributed by atoms with Crippen molar-refractivity contribution in [2.75, 3.05) is 19.8 Å². The Bertz CT molecular complexity index is 291. The molecule has 1 N–H and O–H groups in total. The zero-order chi connectivity index (χ0) is 10.5. The summed E-state index contributed by atoms with van der Waals surface area (Å²) in [5, 5.41) is 9.10. The summed E-state index contributed by atoms with van der Waals surface area (Å²) in [7, 11) is 0. The molecule has 0 saturated carbocycles. The number of hydrogen-bond acceptors (Lipinski definition) is 3. The number of aromatic hydroxyl groups is 1. The first kappa shape index (κ1) is 13.0. The molecule has 0 amide bonds. The van der Waals surface area contributed by atoms with Crippen molar-refractivity contribution < 1.29 is 14.6 Å². The molecule has 0 bridgehead atoms. The van der Waals surface area contributed by atoms with Crippen LogP contribution < -0.4 is 0 Å². The van der Waals surface area contributed by atoms with E-state index >= 15 is 0 Å². The van der Waals surface area contributed by atoms with Crippen molar-refractivity contribution in [3.63, 3.8) is 0 Å². The number of aryl methyl sites for hydroxylation is 1. The van der Waals surface area contributed by atoms with Crippen molar-refractivity contribution in [2.45, 2.75) is 26.4 Å². The van der Waals surface area contributed by atoms with Crippen LogP contribution in [0.25, 0.3) is 0 Å².